The number of methoxy groups -OCH3 is 4. The van der Waals surface area contributed by atoms with Crippen molar-refractivity contribution >= 4 is 66.0 Å². The maximum Gasteiger partial charge on any atom is 0.179 e. The zero-order valence-electron chi connectivity index (χ0n) is 29.1. The van der Waals surface area contributed by atoms with Gasteiger partial charge in [0.05, 0.1) is 44.6 Å². The highest BCUT2D eigenvalue weighted by Gasteiger charge is 2.27. The molecule has 2 atom stereocenters. The first kappa shape index (κ1) is 37.2. The molecule has 2 unspecified atom stereocenters. The van der Waals surface area contributed by atoms with E-state index in [0.717, 1.165) is 47.3 Å². The Morgan fingerprint density at radius 3 is 2.22 bits per heavy atom. The molecule has 51 heavy (non-hydrogen) atoms. The molecule has 0 saturated carbocycles. The maximum atomic E-state index is 10.5. The zero-order chi connectivity index (χ0) is 35.9. The van der Waals surface area contributed by atoms with Gasteiger partial charge in [-0.15, -0.1) is 22.7 Å². The van der Waals surface area contributed by atoms with E-state index in [2.05, 4.69) is 58.5 Å². The molecule has 0 amide bonds. The van der Waals surface area contributed by atoms with E-state index in [0.29, 0.717) is 46.1 Å². The van der Waals surface area contributed by atoms with Crippen LogP contribution in [0.25, 0.3) is 20.2 Å². The summed E-state index contributed by atoms with van der Waals surface area (Å²) in [4.78, 5) is 0. The van der Waals surface area contributed by atoms with Gasteiger partial charge in [0.15, 0.2) is 23.0 Å². The van der Waals surface area contributed by atoms with Crippen LogP contribution in [0.1, 0.15) is 39.8 Å². The Balaban J connectivity index is 0.000000176. The third kappa shape index (κ3) is 7.95. The van der Waals surface area contributed by atoms with E-state index in [4.69, 9.17) is 42.1 Å². The lowest BCUT2D eigenvalue weighted by atomic mass is 9.87. The molecule has 268 valence electrons. The highest BCUT2D eigenvalue weighted by molar-refractivity contribution is 7.17. The van der Waals surface area contributed by atoms with Crippen molar-refractivity contribution in [3.05, 3.63) is 115 Å². The first-order valence-electron chi connectivity index (χ1n) is 16.7. The van der Waals surface area contributed by atoms with Crippen molar-refractivity contribution in [3.8, 4) is 23.0 Å². The topological polar surface area (TPSA) is 81.2 Å². The lowest BCUT2D eigenvalue weighted by molar-refractivity contribution is 0.177. The normalized spacial score (nSPS) is 14.7. The maximum absolute atomic E-state index is 10.5. The standard InChI is InChI=1S/C20H22ClNO3S.C20H20ClNO2S/c1-24-17-7-6-13(18(21)19(17)25-2)8-10-22-12-16(23)15-5-3-4-14-9-11-26-20(14)15;1-23-17-10-15-13(18(21)19(17)24-2)6-8-22-11-16(15)14-5-3-4-12-7-9-25-20(12)14/h3-7,9,11,16,22-23H,8,10,12H2,1-2H3;3-5,7,9-10,16,22H,6,8,11H2,1-2H3. The summed E-state index contributed by atoms with van der Waals surface area (Å²) in [7, 11) is 6.46. The number of rotatable bonds is 11. The quantitative estimate of drug-likeness (QED) is 0.114. The summed E-state index contributed by atoms with van der Waals surface area (Å²) in [5.74, 6) is 2.72. The molecule has 1 aliphatic rings. The summed E-state index contributed by atoms with van der Waals surface area (Å²) >= 11 is 16.6. The Bertz CT molecular complexity index is 2100. The van der Waals surface area contributed by atoms with E-state index in [-0.39, 0.29) is 5.92 Å². The molecule has 3 heterocycles. The molecule has 0 radical (unpaired) electrons. The summed E-state index contributed by atoms with van der Waals surface area (Å²) < 4.78 is 24.1. The van der Waals surface area contributed by atoms with Crippen molar-refractivity contribution in [2.24, 2.45) is 0 Å². The fourth-order valence-corrected chi connectivity index (χ4v) is 9.32. The highest BCUT2D eigenvalue weighted by Crippen LogP contribution is 2.45. The highest BCUT2D eigenvalue weighted by atomic mass is 35.5. The van der Waals surface area contributed by atoms with Gasteiger partial charge < -0.3 is 34.7 Å². The van der Waals surface area contributed by atoms with Gasteiger partial charge >= 0.3 is 0 Å². The van der Waals surface area contributed by atoms with Crippen LogP contribution in [0.5, 0.6) is 23.0 Å². The summed E-state index contributed by atoms with van der Waals surface area (Å²) in [6.07, 6.45) is 1.07. The first-order valence-corrected chi connectivity index (χ1v) is 19.3. The molecule has 0 aliphatic carbocycles. The molecule has 0 bridgehead atoms. The van der Waals surface area contributed by atoms with E-state index in [9.17, 15) is 5.11 Å². The summed E-state index contributed by atoms with van der Waals surface area (Å²) in [5.41, 5.74) is 5.67. The van der Waals surface area contributed by atoms with Crippen LogP contribution in [0.4, 0.5) is 0 Å². The Morgan fingerprint density at radius 1 is 0.804 bits per heavy atom. The molecule has 2 aromatic heterocycles. The molecule has 3 N–H and O–H groups in total. The third-order valence-corrected chi connectivity index (χ3v) is 12.0. The summed E-state index contributed by atoms with van der Waals surface area (Å²) in [6.45, 7) is 2.98. The minimum absolute atomic E-state index is 0.233. The SMILES string of the molecule is COc1cc2c(c(Cl)c1OC)CCNCC2c1cccc2ccsc12.COc1ccc(CCNCC(O)c2cccc3ccsc23)c(Cl)c1OC. The number of thiophene rings is 2. The second-order valence-electron chi connectivity index (χ2n) is 12.1. The van der Waals surface area contributed by atoms with Crippen molar-refractivity contribution in [3.63, 3.8) is 0 Å². The first-order chi connectivity index (χ1) is 24.9. The average molecular weight is 766 g/mol. The van der Waals surface area contributed by atoms with Gasteiger partial charge in [0.2, 0.25) is 0 Å². The van der Waals surface area contributed by atoms with Crippen LogP contribution in [0, 0.1) is 0 Å². The minimum atomic E-state index is -0.543. The molecule has 7 nitrogen and oxygen atoms in total. The Kier molecular flexibility index (Phi) is 12.6. The smallest absolute Gasteiger partial charge is 0.179 e. The number of hydrogen-bond acceptors (Lipinski definition) is 9. The Labute approximate surface area is 317 Å². The van der Waals surface area contributed by atoms with E-state index in [1.807, 2.05) is 29.6 Å². The van der Waals surface area contributed by atoms with Crippen molar-refractivity contribution in [1.82, 2.24) is 10.6 Å². The fourth-order valence-electron chi connectivity index (χ4n) is 6.68. The molecule has 11 heteroatoms. The Hall–Kier alpha value is -3.54. The molecule has 4 aromatic carbocycles. The number of benzene rings is 4. The second-order valence-corrected chi connectivity index (χ2v) is 14.7. The molecule has 1 aliphatic heterocycles. The number of nitrogens with one attached hydrogen (secondary N) is 2. The van der Waals surface area contributed by atoms with Crippen LogP contribution < -0.4 is 29.6 Å². The van der Waals surface area contributed by atoms with Gasteiger partial charge in [-0.1, -0.05) is 65.7 Å². The molecule has 0 saturated heterocycles. The van der Waals surface area contributed by atoms with Gasteiger partial charge in [0.25, 0.3) is 0 Å². The van der Waals surface area contributed by atoms with Gasteiger partial charge in [-0.25, -0.2) is 0 Å². The number of hydrogen-bond donors (Lipinski definition) is 3. The molecule has 0 spiro atoms. The number of aliphatic hydroxyl groups is 1. The molecule has 0 fully saturated rings. The van der Waals surface area contributed by atoms with Crippen molar-refractivity contribution in [1.29, 1.82) is 0 Å². The van der Waals surface area contributed by atoms with Crippen LogP contribution in [0.15, 0.2) is 77.5 Å². The summed E-state index contributed by atoms with van der Waals surface area (Å²) in [6, 6.07) is 22.7. The van der Waals surface area contributed by atoms with Crippen LogP contribution in [-0.2, 0) is 12.8 Å². The lowest BCUT2D eigenvalue weighted by Gasteiger charge is -2.22. The van der Waals surface area contributed by atoms with Gasteiger partial charge in [0, 0.05) is 28.4 Å². The van der Waals surface area contributed by atoms with Crippen LogP contribution in [0.3, 0.4) is 0 Å². The van der Waals surface area contributed by atoms with Crippen molar-refractivity contribution < 1.29 is 24.1 Å². The van der Waals surface area contributed by atoms with Crippen molar-refractivity contribution in [2.45, 2.75) is 24.9 Å². The van der Waals surface area contributed by atoms with Crippen LogP contribution >= 0.6 is 45.9 Å². The Morgan fingerprint density at radius 2 is 1.49 bits per heavy atom. The monoisotopic (exact) mass is 764 g/mol. The largest absolute Gasteiger partial charge is 0.493 e. The van der Waals surface area contributed by atoms with Gasteiger partial charge in [-0.3, -0.25) is 0 Å². The number of fused-ring (bicyclic) bond motifs is 3. The third-order valence-electron chi connectivity index (χ3n) is 9.25. The minimum Gasteiger partial charge on any atom is -0.493 e. The fraction of sp³-hybridized carbons (Fsp3) is 0.300. The van der Waals surface area contributed by atoms with Crippen molar-refractivity contribution in [2.75, 3.05) is 54.6 Å². The molecule has 6 aromatic rings. The van der Waals surface area contributed by atoms with E-state index >= 15 is 0 Å². The van der Waals surface area contributed by atoms with Gasteiger partial charge in [0.1, 0.15) is 0 Å². The summed E-state index contributed by atoms with van der Waals surface area (Å²) in [5, 5.41) is 25.3. The molecular weight excluding hydrogens is 723 g/mol. The number of ether oxygens (including phenoxy) is 4. The number of halogens is 2. The van der Waals surface area contributed by atoms with Crippen LogP contribution in [0.2, 0.25) is 10.0 Å². The van der Waals surface area contributed by atoms with Gasteiger partial charge in [-0.05, 0) is 99.5 Å². The molecule has 7 rings (SSSR count). The second kappa shape index (κ2) is 17.3. The van der Waals surface area contributed by atoms with Crippen LogP contribution in [-0.4, -0.2) is 59.7 Å². The van der Waals surface area contributed by atoms with E-state index in [1.54, 1.807) is 51.1 Å². The molecular formula is C40H42Cl2N2O5S2. The van der Waals surface area contributed by atoms with E-state index in [1.165, 1.54) is 26.6 Å². The lowest BCUT2D eigenvalue weighted by Crippen LogP contribution is -2.24. The average Bonchev–Trinajstić information content (AvgIpc) is 3.80. The predicted molar refractivity (Wildman–Crippen MR) is 213 cm³/mol. The predicted octanol–water partition coefficient (Wildman–Crippen LogP) is 9.29. The number of aliphatic hydroxyl groups excluding tert-OH is 1. The van der Waals surface area contributed by atoms with Gasteiger partial charge in [-0.2, -0.15) is 0 Å². The van der Waals surface area contributed by atoms with E-state index < -0.39 is 6.10 Å². The zero-order valence-corrected chi connectivity index (χ0v) is 32.2.